The summed E-state index contributed by atoms with van der Waals surface area (Å²) in [4.78, 5) is 13.5. The minimum atomic E-state index is -0.425. The molecule has 0 spiro atoms. The van der Waals surface area contributed by atoms with Crippen LogP contribution >= 0.6 is 11.3 Å². The highest BCUT2D eigenvalue weighted by atomic mass is 32.1. The summed E-state index contributed by atoms with van der Waals surface area (Å²) in [6.45, 7) is 3.88. The molecule has 0 unspecified atom stereocenters. The first-order valence-electron chi connectivity index (χ1n) is 7.03. The molecule has 20 heavy (non-hydrogen) atoms. The Bertz CT molecular complexity index is 604. The van der Waals surface area contributed by atoms with Crippen molar-refractivity contribution in [1.82, 2.24) is 9.97 Å². The van der Waals surface area contributed by atoms with Gasteiger partial charge in [0.05, 0.1) is 12.0 Å². The van der Waals surface area contributed by atoms with Crippen molar-refractivity contribution in [3.8, 4) is 0 Å². The monoisotopic (exact) mass is 292 g/mol. The van der Waals surface area contributed by atoms with Gasteiger partial charge in [0.1, 0.15) is 17.0 Å². The van der Waals surface area contributed by atoms with Crippen LogP contribution in [-0.2, 0) is 6.42 Å². The summed E-state index contributed by atoms with van der Waals surface area (Å²) in [6, 6.07) is 2.20. The molecule has 0 saturated carbocycles. The number of nitrogens with two attached hydrogens (primary N) is 1. The molecular formula is C14H20N4OS. The SMILES string of the molecule is CCc1cc2c(N3CCC(N)(CO)CC3)ncnc2s1. The molecule has 108 valence electrons. The minimum Gasteiger partial charge on any atom is -0.394 e. The lowest BCUT2D eigenvalue weighted by atomic mass is 9.89. The van der Waals surface area contributed by atoms with E-state index >= 15 is 0 Å². The maximum Gasteiger partial charge on any atom is 0.140 e. The van der Waals surface area contributed by atoms with Crippen molar-refractivity contribution in [1.29, 1.82) is 0 Å². The van der Waals surface area contributed by atoms with Gasteiger partial charge < -0.3 is 15.7 Å². The van der Waals surface area contributed by atoms with Crippen molar-refractivity contribution in [2.75, 3.05) is 24.6 Å². The molecule has 2 aromatic heterocycles. The van der Waals surface area contributed by atoms with Gasteiger partial charge in [-0.3, -0.25) is 0 Å². The quantitative estimate of drug-likeness (QED) is 0.897. The summed E-state index contributed by atoms with van der Waals surface area (Å²) in [5.74, 6) is 1.01. The molecule has 0 atom stereocenters. The van der Waals surface area contributed by atoms with Crippen LogP contribution in [0.25, 0.3) is 10.2 Å². The Kier molecular flexibility index (Phi) is 3.62. The summed E-state index contributed by atoms with van der Waals surface area (Å²) in [7, 11) is 0. The van der Waals surface area contributed by atoms with Crippen LogP contribution in [0.15, 0.2) is 12.4 Å². The molecular weight excluding hydrogens is 272 g/mol. The van der Waals surface area contributed by atoms with E-state index in [2.05, 4.69) is 27.9 Å². The topological polar surface area (TPSA) is 75.3 Å². The van der Waals surface area contributed by atoms with Crippen molar-refractivity contribution >= 4 is 27.4 Å². The molecule has 0 aliphatic carbocycles. The normalized spacial score (nSPS) is 18.6. The number of rotatable bonds is 3. The van der Waals surface area contributed by atoms with Gasteiger partial charge in [0.25, 0.3) is 0 Å². The Morgan fingerprint density at radius 2 is 2.15 bits per heavy atom. The number of aliphatic hydroxyl groups excluding tert-OH is 1. The van der Waals surface area contributed by atoms with Crippen LogP contribution in [0.1, 0.15) is 24.6 Å². The number of hydrogen-bond donors (Lipinski definition) is 2. The lowest BCUT2D eigenvalue weighted by Crippen LogP contribution is -2.53. The molecule has 1 aliphatic heterocycles. The second kappa shape index (κ2) is 5.27. The average molecular weight is 292 g/mol. The summed E-state index contributed by atoms with van der Waals surface area (Å²) in [6.07, 6.45) is 4.25. The number of anilines is 1. The lowest BCUT2D eigenvalue weighted by molar-refractivity contribution is 0.170. The molecule has 2 aromatic rings. The molecule has 1 saturated heterocycles. The van der Waals surface area contributed by atoms with Crippen LogP contribution < -0.4 is 10.6 Å². The van der Waals surface area contributed by atoms with Gasteiger partial charge in [-0.2, -0.15) is 0 Å². The fourth-order valence-electron chi connectivity index (χ4n) is 2.64. The number of fused-ring (bicyclic) bond motifs is 1. The highest BCUT2D eigenvalue weighted by molar-refractivity contribution is 7.18. The van der Waals surface area contributed by atoms with Gasteiger partial charge in [0, 0.05) is 23.5 Å². The Hall–Kier alpha value is -1.24. The van der Waals surface area contributed by atoms with E-state index in [4.69, 9.17) is 5.73 Å². The van der Waals surface area contributed by atoms with Crippen LogP contribution in [-0.4, -0.2) is 40.3 Å². The van der Waals surface area contributed by atoms with Crippen LogP contribution in [0.2, 0.25) is 0 Å². The zero-order valence-corrected chi connectivity index (χ0v) is 12.5. The molecule has 0 aromatic carbocycles. The number of thiophene rings is 1. The van der Waals surface area contributed by atoms with Gasteiger partial charge in [0.15, 0.2) is 0 Å². The lowest BCUT2D eigenvalue weighted by Gasteiger charge is -2.38. The summed E-state index contributed by atoms with van der Waals surface area (Å²) >= 11 is 1.74. The third-order valence-electron chi connectivity index (χ3n) is 4.08. The van der Waals surface area contributed by atoms with Gasteiger partial charge in [0.2, 0.25) is 0 Å². The van der Waals surface area contributed by atoms with Gasteiger partial charge >= 0.3 is 0 Å². The van der Waals surface area contributed by atoms with E-state index in [1.807, 2.05) is 0 Å². The number of aryl methyl sites for hydroxylation is 1. The van der Waals surface area contributed by atoms with Gasteiger partial charge in [-0.05, 0) is 25.3 Å². The zero-order chi connectivity index (χ0) is 14.2. The van der Waals surface area contributed by atoms with E-state index < -0.39 is 5.54 Å². The van der Waals surface area contributed by atoms with Crippen molar-refractivity contribution in [2.24, 2.45) is 5.73 Å². The predicted molar refractivity (Wildman–Crippen MR) is 82.2 cm³/mol. The molecule has 3 N–H and O–H groups in total. The van der Waals surface area contributed by atoms with E-state index in [0.717, 1.165) is 48.4 Å². The fourth-order valence-corrected chi connectivity index (χ4v) is 3.57. The predicted octanol–water partition coefficient (Wildman–Crippen LogP) is 1.54. The van der Waals surface area contributed by atoms with Gasteiger partial charge in [-0.15, -0.1) is 11.3 Å². The first-order chi connectivity index (χ1) is 9.65. The van der Waals surface area contributed by atoms with E-state index in [1.54, 1.807) is 17.7 Å². The van der Waals surface area contributed by atoms with Crippen molar-refractivity contribution < 1.29 is 5.11 Å². The van der Waals surface area contributed by atoms with Crippen LogP contribution in [0, 0.1) is 0 Å². The molecule has 1 aliphatic rings. The first kappa shape index (κ1) is 13.7. The van der Waals surface area contributed by atoms with Crippen molar-refractivity contribution in [3.63, 3.8) is 0 Å². The van der Waals surface area contributed by atoms with E-state index in [0.29, 0.717) is 0 Å². The molecule has 3 rings (SSSR count). The molecule has 3 heterocycles. The number of piperidine rings is 1. The third kappa shape index (κ3) is 2.39. The summed E-state index contributed by atoms with van der Waals surface area (Å²) in [5, 5.41) is 10.5. The van der Waals surface area contributed by atoms with Crippen LogP contribution in [0.4, 0.5) is 5.82 Å². The highest BCUT2D eigenvalue weighted by Crippen LogP contribution is 2.32. The molecule has 6 heteroatoms. The Balaban J connectivity index is 1.89. The van der Waals surface area contributed by atoms with Gasteiger partial charge in [-0.25, -0.2) is 9.97 Å². The zero-order valence-electron chi connectivity index (χ0n) is 11.7. The fraction of sp³-hybridized carbons (Fsp3) is 0.571. The van der Waals surface area contributed by atoms with E-state index in [9.17, 15) is 5.11 Å². The highest BCUT2D eigenvalue weighted by Gasteiger charge is 2.31. The average Bonchev–Trinajstić information content (AvgIpc) is 2.91. The van der Waals surface area contributed by atoms with E-state index in [-0.39, 0.29) is 6.61 Å². The van der Waals surface area contributed by atoms with Gasteiger partial charge in [-0.1, -0.05) is 6.92 Å². The van der Waals surface area contributed by atoms with E-state index in [1.165, 1.54) is 4.88 Å². The third-order valence-corrected chi connectivity index (χ3v) is 5.27. The molecule has 5 nitrogen and oxygen atoms in total. The summed E-state index contributed by atoms with van der Waals surface area (Å²) in [5.41, 5.74) is 5.70. The molecule has 0 amide bonds. The molecule has 0 bridgehead atoms. The Morgan fingerprint density at radius 1 is 1.40 bits per heavy atom. The number of aliphatic hydroxyl groups is 1. The van der Waals surface area contributed by atoms with Crippen molar-refractivity contribution in [2.45, 2.75) is 31.7 Å². The van der Waals surface area contributed by atoms with Crippen LogP contribution in [0.3, 0.4) is 0 Å². The van der Waals surface area contributed by atoms with Crippen molar-refractivity contribution in [3.05, 3.63) is 17.3 Å². The number of nitrogens with zero attached hydrogens (tertiary/aromatic N) is 3. The largest absolute Gasteiger partial charge is 0.394 e. The Morgan fingerprint density at radius 3 is 2.80 bits per heavy atom. The summed E-state index contributed by atoms with van der Waals surface area (Å²) < 4.78 is 0. The first-order valence-corrected chi connectivity index (χ1v) is 7.85. The number of hydrogen-bond acceptors (Lipinski definition) is 6. The number of aromatic nitrogens is 2. The molecule has 1 fully saturated rings. The minimum absolute atomic E-state index is 0.0540. The second-order valence-electron chi connectivity index (χ2n) is 5.49. The Labute approximate surface area is 122 Å². The standard InChI is InChI=1S/C14H20N4OS/c1-2-10-7-11-12(16-9-17-13(11)20-10)18-5-3-14(15,8-19)4-6-18/h7,9,19H,2-6,8,15H2,1H3. The maximum atomic E-state index is 9.35. The van der Waals surface area contributed by atoms with Crippen LogP contribution in [0.5, 0.6) is 0 Å². The maximum absolute atomic E-state index is 9.35. The smallest absolute Gasteiger partial charge is 0.140 e. The molecule has 0 radical (unpaired) electrons. The second-order valence-corrected chi connectivity index (χ2v) is 6.61.